The monoisotopic (exact) mass is 313 g/mol. The molecule has 1 aliphatic carbocycles. The van der Waals surface area contributed by atoms with Gasteiger partial charge in [0.25, 0.3) is 0 Å². The lowest BCUT2D eigenvalue weighted by Gasteiger charge is -2.36. The maximum Gasteiger partial charge on any atom is 0.237 e. The van der Waals surface area contributed by atoms with Gasteiger partial charge in [-0.25, -0.2) is 0 Å². The van der Waals surface area contributed by atoms with Crippen LogP contribution in [0, 0.1) is 5.92 Å². The second-order valence-corrected chi connectivity index (χ2v) is 7.42. The van der Waals surface area contributed by atoms with Gasteiger partial charge in [-0.3, -0.25) is 14.6 Å². The number of carbonyl (C=O) groups is 1. The molecule has 1 aromatic rings. The molecule has 3 aliphatic rings. The van der Waals surface area contributed by atoms with Crippen molar-refractivity contribution in [2.45, 2.75) is 31.8 Å². The number of fused-ring (bicyclic) bond motifs is 2. The third kappa shape index (κ3) is 3.43. The van der Waals surface area contributed by atoms with Gasteiger partial charge in [-0.05, 0) is 30.7 Å². The van der Waals surface area contributed by atoms with Crippen molar-refractivity contribution in [3.8, 4) is 0 Å². The summed E-state index contributed by atoms with van der Waals surface area (Å²) in [5.41, 5.74) is 1.38. The highest BCUT2D eigenvalue weighted by Crippen LogP contribution is 2.37. The number of carbonyl (C=O) groups excluding carboxylic acids is 1. The topological polar surface area (TPSA) is 26.8 Å². The molecule has 23 heavy (non-hydrogen) atoms. The summed E-state index contributed by atoms with van der Waals surface area (Å²) in [4.78, 5) is 19.6. The Balaban J connectivity index is 1.23. The van der Waals surface area contributed by atoms with Crippen LogP contribution < -0.4 is 0 Å². The Labute approximate surface area is 139 Å². The van der Waals surface area contributed by atoms with E-state index in [9.17, 15) is 4.79 Å². The van der Waals surface area contributed by atoms with Gasteiger partial charge in [-0.2, -0.15) is 0 Å². The van der Waals surface area contributed by atoms with Crippen LogP contribution in [0.1, 0.15) is 24.8 Å². The molecular formula is C19H27N3O. The van der Waals surface area contributed by atoms with E-state index in [1.165, 1.54) is 24.8 Å². The average Bonchev–Trinajstić information content (AvgIpc) is 3.21. The molecule has 2 heterocycles. The van der Waals surface area contributed by atoms with Crippen molar-refractivity contribution < 1.29 is 4.79 Å². The number of rotatable bonds is 4. The summed E-state index contributed by atoms with van der Waals surface area (Å²) in [5.74, 6) is 1.17. The van der Waals surface area contributed by atoms with E-state index in [2.05, 4.69) is 45.0 Å². The minimum Gasteiger partial charge on any atom is -0.338 e. The molecule has 1 aromatic carbocycles. The summed E-state index contributed by atoms with van der Waals surface area (Å²) in [5, 5.41) is 0. The van der Waals surface area contributed by atoms with Gasteiger partial charge in [0.1, 0.15) is 0 Å². The molecule has 1 amide bonds. The zero-order valence-corrected chi connectivity index (χ0v) is 13.9. The summed E-state index contributed by atoms with van der Waals surface area (Å²) < 4.78 is 0. The highest BCUT2D eigenvalue weighted by molar-refractivity contribution is 5.79. The van der Waals surface area contributed by atoms with E-state index in [-0.39, 0.29) is 0 Å². The fourth-order valence-corrected chi connectivity index (χ4v) is 4.46. The van der Waals surface area contributed by atoms with E-state index in [1.807, 2.05) is 0 Å². The molecule has 0 radical (unpaired) electrons. The standard InChI is InChI=1S/C19H27N3O/c23-19(22-14-17-6-7-18(22)12-17)15-21-10-8-20(9-11-21)13-16-4-2-1-3-5-16/h1-5,17-18H,6-15H2. The molecule has 2 bridgehead atoms. The van der Waals surface area contributed by atoms with E-state index in [1.54, 1.807) is 0 Å². The van der Waals surface area contributed by atoms with Gasteiger partial charge < -0.3 is 4.90 Å². The molecule has 0 aromatic heterocycles. The number of amides is 1. The maximum absolute atomic E-state index is 12.5. The summed E-state index contributed by atoms with van der Waals surface area (Å²) in [7, 11) is 0. The molecule has 0 spiro atoms. The SMILES string of the molecule is O=C(CN1CCN(Cc2ccccc2)CC1)N1CC2CCC1C2. The highest BCUT2D eigenvalue weighted by atomic mass is 16.2. The zero-order chi connectivity index (χ0) is 15.6. The van der Waals surface area contributed by atoms with E-state index < -0.39 is 0 Å². The number of piperidine rings is 1. The molecule has 2 aliphatic heterocycles. The van der Waals surface area contributed by atoms with Crippen LogP contribution in [-0.4, -0.2) is 65.9 Å². The lowest BCUT2D eigenvalue weighted by molar-refractivity contribution is -0.134. The number of nitrogens with zero attached hydrogens (tertiary/aromatic N) is 3. The fourth-order valence-electron chi connectivity index (χ4n) is 4.46. The van der Waals surface area contributed by atoms with Crippen LogP contribution in [0.25, 0.3) is 0 Å². The van der Waals surface area contributed by atoms with Crippen molar-refractivity contribution in [2.24, 2.45) is 5.92 Å². The van der Waals surface area contributed by atoms with Crippen molar-refractivity contribution in [1.82, 2.24) is 14.7 Å². The quantitative estimate of drug-likeness (QED) is 0.848. The molecule has 4 nitrogen and oxygen atoms in total. The Morgan fingerprint density at radius 2 is 1.74 bits per heavy atom. The van der Waals surface area contributed by atoms with E-state index in [0.717, 1.165) is 45.2 Å². The van der Waals surface area contributed by atoms with Gasteiger partial charge in [-0.15, -0.1) is 0 Å². The number of hydrogen-bond donors (Lipinski definition) is 0. The van der Waals surface area contributed by atoms with Crippen LogP contribution in [0.5, 0.6) is 0 Å². The molecule has 4 rings (SSSR count). The number of hydrogen-bond acceptors (Lipinski definition) is 3. The molecular weight excluding hydrogens is 286 g/mol. The lowest BCUT2D eigenvalue weighted by Crippen LogP contribution is -2.50. The Bertz CT molecular complexity index is 539. The second kappa shape index (κ2) is 6.62. The van der Waals surface area contributed by atoms with Crippen molar-refractivity contribution in [3.63, 3.8) is 0 Å². The Morgan fingerprint density at radius 1 is 1.00 bits per heavy atom. The number of benzene rings is 1. The maximum atomic E-state index is 12.5. The Hall–Kier alpha value is -1.39. The van der Waals surface area contributed by atoms with E-state index in [0.29, 0.717) is 18.5 Å². The Kier molecular flexibility index (Phi) is 4.36. The lowest BCUT2D eigenvalue weighted by atomic mass is 10.1. The average molecular weight is 313 g/mol. The van der Waals surface area contributed by atoms with Crippen molar-refractivity contribution in [3.05, 3.63) is 35.9 Å². The van der Waals surface area contributed by atoms with Crippen LogP contribution in [0.15, 0.2) is 30.3 Å². The first-order valence-corrected chi connectivity index (χ1v) is 9.06. The predicted octanol–water partition coefficient (Wildman–Crippen LogP) is 1.82. The minimum absolute atomic E-state index is 0.369. The molecule has 3 fully saturated rings. The van der Waals surface area contributed by atoms with Crippen LogP contribution in [-0.2, 0) is 11.3 Å². The zero-order valence-electron chi connectivity index (χ0n) is 13.9. The minimum atomic E-state index is 0.369. The van der Waals surface area contributed by atoms with Gasteiger partial charge in [0.05, 0.1) is 6.54 Å². The fraction of sp³-hybridized carbons (Fsp3) is 0.632. The first-order valence-electron chi connectivity index (χ1n) is 9.06. The first-order chi connectivity index (χ1) is 11.3. The summed E-state index contributed by atoms with van der Waals surface area (Å²) in [6.07, 6.45) is 3.84. The van der Waals surface area contributed by atoms with Crippen LogP contribution in [0.2, 0.25) is 0 Å². The summed E-state index contributed by atoms with van der Waals surface area (Å²) >= 11 is 0. The first kappa shape index (κ1) is 15.2. The largest absolute Gasteiger partial charge is 0.338 e. The molecule has 0 N–H and O–H groups in total. The van der Waals surface area contributed by atoms with Gasteiger partial charge in [0.15, 0.2) is 0 Å². The van der Waals surface area contributed by atoms with Gasteiger partial charge in [0.2, 0.25) is 5.91 Å². The molecule has 124 valence electrons. The molecule has 1 saturated carbocycles. The third-order valence-corrected chi connectivity index (χ3v) is 5.80. The summed E-state index contributed by atoms with van der Waals surface area (Å²) in [6.45, 7) is 6.84. The molecule has 2 saturated heterocycles. The predicted molar refractivity (Wildman–Crippen MR) is 91.0 cm³/mol. The third-order valence-electron chi connectivity index (χ3n) is 5.80. The second-order valence-electron chi connectivity index (χ2n) is 7.42. The molecule has 2 unspecified atom stereocenters. The normalized spacial score (nSPS) is 28.4. The number of likely N-dealkylation sites (tertiary alicyclic amines) is 1. The van der Waals surface area contributed by atoms with Gasteiger partial charge in [-0.1, -0.05) is 30.3 Å². The van der Waals surface area contributed by atoms with Gasteiger partial charge >= 0.3 is 0 Å². The van der Waals surface area contributed by atoms with Crippen molar-refractivity contribution in [1.29, 1.82) is 0 Å². The summed E-state index contributed by atoms with van der Waals surface area (Å²) in [6, 6.07) is 11.2. The van der Waals surface area contributed by atoms with Crippen LogP contribution in [0.3, 0.4) is 0 Å². The van der Waals surface area contributed by atoms with Crippen LogP contribution in [0.4, 0.5) is 0 Å². The van der Waals surface area contributed by atoms with Crippen LogP contribution >= 0.6 is 0 Å². The highest BCUT2D eigenvalue weighted by Gasteiger charge is 2.40. The molecule has 4 heteroatoms. The molecule has 2 atom stereocenters. The van der Waals surface area contributed by atoms with E-state index in [4.69, 9.17) is 0 Å². The van der Waals surface area contributed by atoms with Gasteiger partial charge in [0, 0.05) is 45.3 Å². The van der Waals surface area contributed by atoms with E-state index >= 15 is 0 Å². The van der Waals surface area contributed by atoms with Crippen molar-refractivity contribution >= 4 is 5.91 Å². The smallest absolute Gasteiger partial charge is 0.237 e. The number of piperazine rings is 1. The Morgan fingerprint density at radius 3 is 2.39 bits per heavy atom. The van der Waals surface area contributed by atoms with Crippen molar-refractivity contribution in [2.75, 3.05) is 39.3 Å².